The summed E-state index contributed by atoms with van der Waals surface area (Å²) in [5, 5.41) is 3.41. The van der Waals surface area contributed by atoms with Gasteiger partial charge in [0.05, 0.1) is 19.4 Å². The Bertz CT molecular complexity index is 423. The molecule has 0 aromatic carbocycles. The van der Waals surface area contributed by atoms with Gasteiger partial charge in [0.2, 0.25) is 0 Å². The van der Waals surface area contributed by atoms with E-state index < -0.39 is 0 Å². The molecule has 0 aliphatic carbocycles. The minimum atomic E-state index is -0.299. The van der Waals surface area contributed by atoms with Gasteiger partial charge in [0.25, 0.3) is 0 Å². The van der Waals surface area contributed by atoms with E-state index in [1.54, 1.807) is 12.3 Å². The molecule has 20 heavy (non-hydrogen) atoms. The molecule has 1 N–H and O–H groups in total. The van der Waals surface area contributed by atoms with E-state index in [-0.39, 0.29) is 5.97 Å². The Morgan fingerprint density at radius 3 is 3.15 bits per heavy atom. The highest BCUT2D eigenvalue weighted by Gasteiger charge is 2.21. The van der Waals surface area contributed by atoms with Crippen LogP contribution in [0.3, 0.4) is 0 Å². The van der Waals surface area contributed by atoms with Crippen LogP contribution in [0.2, 0.25) is 0 Å². The summed E-state index contributed by atoms with van der Waals surface area (Å²) in [5.74, 6) is 0.398. The molecule has 2 heterocycles. The van der Waals surface area contributed by atoms with Crippen molar-refractivity contribution < 1.29 is 13.9 Å². The lowest BCUT2D eigenvalue weighted by molar-refractivity contribution is 0.0521. The molecule has 0 bridgehead atoms. The van der Waals surface area contributed by atoms with Crippen LogP contribution in [0.4, 0.5) is 0 Å². The van der Waals surface area contributed by atoms with Crippen LogP contribution in [-0.2, 0) is 11.3 Å². The molecule has 1 atom stereocenters. The molecular weight excluding hydrogens is 256 g/mol. The number of furan rings is 1. The van der Waals surface area contributed by atoms with E-state index in [4.69, 9.17) is 9.15 Å². The SMILES string of the molecule is CCOC(=O)c1ccoc1CN(C)C1CCCNCC1. The Kier molecular flexibility index (Phi) is 5.61. The van der Waals surface area contributed by atoms with Gasteiger partial charge in [-0.05, 0) is 52.4 Å². The molecule has 2 rings (SSSR count). The largest absolute Gasteiger partial charge is 0.467 e. The molecule has 112 valence electrons. The number of rotatable bonds is 5. The molecule has 1 aliphatic rings. The first-order chi connectivity index (χ1) is 9.72. The number of nitrogens with one attached hydrogen (secondary N) is 1. The number of hydrogen-bond donors (Lipinski definition) is 1. The molecule has 5 heteroatoms. The highest BCUT2D eigenvalue weighted by Crippen LogP contribution is 2.18. The van der Waals surface area contributed by atoms with E-state index in [1.807, 2.05) is 6.92 Å². The van der Waals surface area contributed by atoms with Crippen molar-refractivity contribution in [3.63, 3.8) is 0 Å². The Morgan fingerprint density at radius 1 is 1.50 bits per heavy atom. The molecule has 1 aromatic heterocycles. The third-order valence-electron chi connectivity index (χ3n) is 3.80. The van der Waals surface area contributed by atoms with E-state index in [1.165, 1.54) is 12.8 Å². The van der Waals surface area contributed by atoms with Crippen LogP contribution >= 0.6 is 0 Å². The van der Waals surface area contributed by atoms with Gasteiger partial charge in [0, 0.05) is 6.04 Å². The second-order valence-electron chi connectivity index (χ2n) is 5.23. The van der Waals surface area contributed by atoms with E-state index in [0.717, 1.165) is 19.5 Å². The molecule has 1 fully saturated rings. The van der Waals surface area contributed by atoms with E-state index in [2.05, 4.69) is 17.3 Å². The van der Waals surface area contributed by atoms with Gasteiger partial charge in [0.1, 0.15) is 11.3 Å². The number of ether oxygens (including phenoxy) is 1. The maximum Gasteiger partial charge on any atom is 0.341 e. The zero-order valence-corrected chi connectivity index (χ0v) is 12.4. The summed E-state index contributed by atoms with van der Waals surface area (Å²) >= 11 is 0. The van der Waals surface area contributed by atoms with Gasteiger partial charge in [-0.15, -0.1) is 0 Å². The summed E-state index contributed by atoms with van der Waals surface area (Å²) in [6.45, 7) is 4.98. The highest BCUT2D eigenvalue weighted by atomic mass is 16.5. The molecule has 1 unspecified atom stereocenters. The third kappa shape index (κ3) is 3.84. The smallest absolute Gasteiger partial charge is 0.341 e. The first-order valence-corrected chi connectivity index (χ1v) is 7.36. The van der Waals surface area contributed by atoms with Crippen LogP contribution in [0, 0.1) is 0 Å². The van der Waals surface area contributed by atoms with Gasteiger partial charge in [-0.3, -0.25) is 4.90 Å². The Labute approximate surface area is 120 Å². The lowest BCUT2D eigenvalue weighted by Gasteiger charge is -2.26. The van der Waals surface area contributed by atoms with Crippen LogP contribution in [0.5, 0.6) is 0 Å². The Morgan fingerprint density at radius 2 is 2.35 bits per heavy atom. The standard InChI is InChI=1S/C15H24N2O3/c1-3-19-15(18)13-7-10-20-14(13)11-17(2)12-5-4-8-16-9-6-12/h7,10,12,16H,3-6,8-9,11H2,1-2H3. The quantitative estimate of drug-likeness (QED) is 0.836. The van der Waals surface area contributed by atoms with Gasteiger partial charge < -0.3 is 14.5 Å². The van der Waals surface area contributed by atoms with E-state index >= 15 is 0 Å². The first kappa shape index (κ1) is 15.1. The lowest BCUT2D eigenvalue weighted by Crippen LogP contribution is -2.32. The fraction of sp³-hybridized carbons (Fsp3) is 0.667. The van der Waals surface area contributed by atoms with Gasteiger partial charge in [0.15, 0.2) is 0 Å². The highest BCUT2D eigenvalue weighted by molar-refractivity contribution is 5.90. The molecule has 0 amide bonds. The zero-order chi connectivity index (χ0) is 14.4. The van der Waals surface area contributed by atoms with Crippen molar-refractivity contribution in [2.45, 2.75) is 38.8 Å². The summed E-state index contributed by atoms with van der Waals surface area (Å²) in [4.78, 5) is 14.1. The number of esters is 1. The van der Waals surface area contributed by atoms with Crippen molar-refractivity contribution in [3.8, 4) is 0 Å². The normalized spacial score (nSPS) is 19.9. The summed E-state index contributed by atoms with van der Waals surface area (Å²) in [6, 6.07) is 2.22. The minimum absolute atomic E-state index is 0.299. The third-order valence-corrected chi connectivity index (χ3v) is 3.80. The lowest BCUT2D eigenvalue weighted by atomic mass is 10.1. The molecule has 1 saturated heterocycles. The predicted molar refractivity (Wildman–Crippen MR) is 76.6 cm³/mol. The maximum atomic E-state index is 11.8. The van der Waals surface area contributed by atoms with Gasteiger partial charge in [-0.2, -0.15) is 0 Å². The summed E-state index contributed by atoms with van der Waals surface area (Å²) in [7, 11) is 2.09. The molecule has 1 aromatic rings. The van der Waals surface area contributed by atoms with Crippen molar-refractivity contribution in [2.24, 2.45) is 0 Å². The molecule has 1 aliphatic heterocycles. The Balaban J connectivity index is 1.98. The zero-order valence-electron chi connectivity index (χ0n) is 12.4. The van der Waals surface area contributed by atoms with Crippen LogP contribution < -0.4 is 5.32 Å². The summed E-state index contributed by atoms with van der Waals surface area (Å²) in [6.07, 6.45) is 5.06. The fourth-order valence-electron chi connectivity index (χ4n) is 2.65. The van der Waals surface area contributed by atoms with Crippen LogP contribution in [0.15, 0.2) is 16.7 Å². The molecule has 5 nitrogen and oxygen atoms in total. The van der Waals surface area contributed by atoms with Crippen molar-refractivity contribution in [3.05, 3.63) is 23.7 Å². The number of carbonyl (C=O) groups is 1. The van der Waals surface area contributed by atoms with Crippen molar-refractivity contribution in [1.82, 2.24) is 10.2 Å². The van der Waals surface area contributed by atoms with Crippen LogP contribution in [0.25, 0.3) is 0 Å². The molecule has 0 saturated carbocycles. The molecule has 0 spiro atoms. The van der Waals surface area contributed by atoms with Gasteiger partial charge in [-0.25, -0.2) is 4.79 Å². The summed E-state index contributed by atoms with van der Waals surface area (Å²) < 4.78 is 10.5. The van der Waals surface area contributed by atoms with Crippen molar-refractivity contribution in [1.29, 1.82) is 0 Å². The Hall–Kier alpha value is -1.33. The van der Waals surface area contributed by atoms with E-state index in [9.17, 15) is 4.79 Å². The summed E-state index contributed by atoms with van der Waals surface area (Å²) in [5.41, 5.74) is 0.547. The second kappa shape index (κ2) is 7.45. The van der Waals surface area contributed by atoms with Crippen molar-refractivity contribution in [2.75, 3.05) is 26.7 Å². The molecule has 0 radical (unpaired) electrons. The van der Waals surface area contributed by atoms with Gasteiger partial charge in [-0.1, -0.05) is 0 Å². The van der Waals surface area contributed by atoms with E-state index in [0.29, 0.717) is 30.5 Å². The number of hydrogen-bond acceptors (Lipinski definition) is 5. The fourth-order valence-corrected chi connectivity index (χ4v) is 2.65. The van der Waals surface area contributed by atoms with Crippen molar-refractivity contribution >= 4 is 5.97 Å². The molecular formula is C15H24N2O3. The topological polar surface area (TPSA) is 54.7 Å². The van der Waals surface area contributed by atoms with Crippen LogP contribution in [0.1, 0.15) is 42.3 Å². The van der Waals surface area contributed by atoms with Crippen LogP contribution in [-0.4, -0.2) is 43.7 Å². The first-order valence-electron chi connectivity index (χ1n) is 7.36. The average Bonchev–Trinajstić information content (AvgIpc) is 2.72. The second-order valence-corrected chi connectivity index (χ2v) is 5.23. The number of carbonyl (C=O) groups excluding carboxylic acids is 1. The van der Waals surface area contributed by atoms with Gasteiger partial charge >= 0.3 is 5.97 Å². The maximum absolute atomic E-state index is 11.8. The predicted octanol–water partition coefficient (Wildman–Crippen LogP) is 2.03. The average molecular weight is 280 g/mol. The number of nitrogens with zero attached hydrogens (tertiary/aromatic N) is 1. The minimum Gasteiger partial charge on any atom is -0.467 e. The monoisotopic (exact) mass is 280 g/mol.